The van der Waals surface area contributed by atoms with Gasteiger partial charge >= 0.3 is 5.97 Å². The highest BCUT2D eigenvalue weighted by Gasteiger charge is 2.33. The molecule has 1 fully saturated rings. The zero-order chi connectivity index (χ0) is 23.1. The Morgan fingerprint density at radius 2 is 1.69 bits per heavy atom. The highest BCUT2D eigenvalue weighted by atomic mass is 32.2. The van der Waals surface area contributed by atoms with Crippen LogP contribution in [0.2, 0.25) is 0 Å². The van der Waals surface area contributed by atoms with Crippen LogP contribution in [0.5, 0.6) is 0 Å². The lowest BCUT2D eigenvalue weighted by Crippen LogP contribution is -2.40. The molecule has 1 aliphatic rings. The Morgan fingerprint density at radius 3 is 2.34 bits per heavy atom. The first-order valence-electron chi connectivity index (χ1n) is 10.5. The number of likely N-dealkylation sites (tertiary alicyclic amines) is 1. The molecule has 2 aromatic carbocycles. The average Bonchev–Trinajstić information content (AvgIpc) is 3.30. The average molecular weight is 455 g/mol. The molecule has 1 saturated heterocycles. The van der Waals surface area contributed by atoms with Crippen LogP contribution in [-0.2, 0) is 20.8 Å². The predicted molar refractivity (Wildman–Crippen MR) is 122 cm³/mol. The highest BCUT2D eigenvalue weighted by Crippen LogP contribution is 2.20. The van der Waals surface area contributed by atoms with E-state index < -0.39 is 18.1 Å². The molecule has 1 aliphatic heterocycles. The summed E-state index contributed by atoms with van der Waals surface area (Å²) in [5.74, 6) is -1.04. The number of ketones is 1. The number of nitrogens with two attached hydrogens (primary N) is 1. The van der Waals surface area contributed by atoms with Gasteiger partial charge in [0.2, 0.25) is 11.0 Å². The number of aliphatic carboxylic acids is 1. The third-order valence-electron chi connectivity index (χ3n) is 5.43. The zero-order valence-electron chi connectivity index (χ0n) is 17.6. The van der Waals surface area contributed by atoms with E-state index in [-0.39, 0.29) is 29.0 Å². The standard InChI is InChI=1S/C24H26N2O5S/c25-19(24(31)32-14-12-21(27)26-13-4-7-20(26)23(29)30)15-16-8-10-18(11-9-16)22(28)17-5-2-1-3-6-17/h1-3,5-6,8-11,19-20H,4,7,12-15,25H2,(H,29,30)/t19-,20-/m0/s1. The lowest BCUT2D eigenvalue weighted by molar-refractivity contribution is -0.148. The van der Waals surface area contributed by atoms with Crippen LogP contribution in [0.3, 0.4) is 0 Å². The van der Waals surface area contributed by atoms with E-state index in [0.717, 1.165) is 17.3 Å². The molecule has 8 heteroatoms. The Hall–Kier alpha value is -2.97. The summed E-state index contributed by atoms with van der Waals surface area (Å²) in [6.45, 7) is 0.441. The summed E-state index contributed by atoms with van der Waals surface area (Å²) in [5.41, 5.74) is 8.05. The van der Waals surface area contributed by atoms with Gasteiger partial charge in [-0.25, -0.2) is 4.79 Å². The molecule has 3 rings (SSSR count). The van der Waals surface area contributed by atoms with Crippen molar-refractivity contribution in [3.8, 4) is 0 Å². The van der Waals surface area contributed by atoms with Gasteiger partial charge in [-0.05, 0) is 24.8 Å². The van der Waals surface area contributed by atoms with E-state index in [1.165, 1.54) is 4.90 Å². The quantitative estimate of drug-likeness (QED) is 0.559. The van der Waals surface area contributed by atoms with Gasteiger partial charge in [-0.1, -0.05) is 66.4 Å². The number of carboxylic acid groups (broad SMARTS) is 1. The normalized spacial score (nSPS) is 16.5. The third kappa shape index (κ3) is 6.05. The molecule has 1 amide bonds. The molecule has 2 atom stereocenters. The van der Waals surface area contributed by atoms with Crippen LogP contribution in [0.25, 0.3) is 0 Å². The van der Waals surface area contributed by atoms with E-state index in [0.29, 0.717) is 36.9 Å². The number of rotatable bonds is 9. The predicted octanol–water partition coefficient (Wildman–Crippen LogP) is 2.51. The van der Waals surface area contributed by atoms with Crippen molar-refractivity contribution in [2.24, 2.45) is 5.73 Å². The largest absolute Gasteiger partial charge is 0.480 e. The van der Waals surface area contributed by atoms with Crippen molar-refractivity contribution in [1.29, 1.82) is 0 Å². The fraction of sp³-hybridized carbons (Fsp3) is 0.333. The smallest absolute Gasteiger partial charge is 0.326 e. The highest BCUT2D eigenvalue weighted by molar-refractivity contribution is 8.13. The molecule has 0 unspecified atom stereocenters. The van der Waals surface area contributed by atoms with E-state index >= 15 is 0 Å². The van der Waals surface area contributed by atoms with Crippen molar-refractivity contribution < 1.29 is 24.3 Å². The minimum atomic E-state index is -0.988. The van der Waals surface area contributed by atoms with Gasteiger partial charge in [0, 0.05) is 29.8 Å². The van der Waals surface area contributed by atoms with Gasteiger partial charge < -0.3 is 15.7 Å². The van der Waals surface area contributed by atoms with Gasteiger partial charge in [0.1, 0.15) is 6.04 Å². The summed E-state index contributed by atoms with van der Waals surface area (Å²) in [7, 11) is 0. The Labute approximate surface area is 191 Å². The Kier molecular flexibility index (Phi) is 8.19. The summed E-state index contributed by atoms with van der Waals surface area (Å²) in [6.07, 6.45) is 1.57. The first kappa shape index (κ1) is 23.7. The van der Waals surface area contributed by atoms with Crippen LogP contribution in [-0.4, -0.2) is 57.2 Å². The van der Waals surface area contributed by atoms with Crippen molar-refractivity contribution in [3.05, 3.63) is 71.3 Å². The second-order valence-corrected chi connectivity index (χ2v) is 8.80. The number of carboxylic acids is 1. The van der Waals surface area contributed by atoms with Gasteiger partial charge in [0.15, 0.2) is 5.78 Å². The first-order valence-corrected chi connectivity index (χ1v) is 11.5. The number of nitrogens with zero attached hydrogens (tertiary/aromatic N) is 1. The molecule has 7 nitrogen and oxygen atoms in total. The molecule has 0 saturated carbocycles. The van der Waals surface area contributed by atoms with Gasteiger partial charge in [0.05, 0.1) is 6.04 Å². The first-order chi connectivity index (χ1) is 15.4. The van der Waals surface area contributed by atoms with Crippen LogP contribution >= 0.6 is 11.8 Å². The molecule has 0 bridgehead atoms. The van der Waals surface area contributed by atoms with Gasteiger partial charge in [0.25, 0.3) is 0 Å². The van der Waals surface area contributed by atoms with Crippen LogP contribution in [0, 0.1) is 0 Å². The lowest BCUT2D eigenvalue weighted by Gasteiger charge is -2.21. The van der Waals surface area contributed by atoms with Crippen LogP contribution < -0.4 is 5.73 Å². The molecule has 32 heavy (non-hydrogen) atoms. The number of hydrogen-bond donors (Lipinski definition) is 2. The van der Waals surface area contributed by atoms with Crippen LogP contribution in [0.15, 0.2) is 54.6 Å². The minimum absolute atomic E-state index is 0.0686. The molecular weight excluding hydrogens is 428 g/mol. The third-order valence-corrected chi connectivity index (χ3v) is 6.42. The molecule has 2 aromatic rings. The van der Waals surface area contributed by atoms with Gasteiger partial charge in [-0.2, -0.15) is 0 Å². The molecule has 0 spiro atoms. The second kappa shape index (κ2) is 11.1. The maximum absolute atomic E-state index is 12.5. The van der Waals surface area contributed by atoms with Crippen molar-refractivity contribution >= 4 is 34.5 Å². The number of carbonyl (C=O) groups is 4. The molecular formula is C24H26N2O5S. The summed E-state index contributed by atoms with van der Waals surface area (Å²) in [4.78, 5) is 49.7. The molecule has 0 aliphatic carbocycles. The van der Waals surface area contributed by atoms with Gasteiger partial charge in [-0.15, -0.1) is 0 Å². The zero-order valence-corrected chi connectivity index (χ0v) is 18.4. The van der Waals surface area contributed by atoms with E-state index in [1.807, 2.05) is 18.2 Å². The molecule has 3 N–H and O–H groups in total. The maximum Gasteiger partial charge on any atom is 0.326 e. The monoisotopic (exact) mass is 454 g/mol. The minimum Gasteiger partial charge on any atom is -0.480 e. The second-order valence-electron chi connectivity index (χ2n) is 7.70. The summed E-state index contributed by atoms with van der Waals surface area (Å²) in [6, 6.07) is 14.5. The van der Waals surface area contributed by atoms with Crippen molar-refractivity contribution in [2.75, 3.05) is 12.3 Å². The number of amides is 1. The van der Waals surface area contributed by atoms with E-state index in [4.69, 9.17) is 5.73 Å². The number of carbonyl (C=O) groups excluding carboxylic acids is 3. The number of thioether (sulfide) groups is 1. The number of hydrogen-bond acceptors (Lipinski definition) is 6. The molecule has 0 aromatic heterocycles. The van der Waals surface area contributed by atoms with Crippen molar-refractivity contribution in [1.82, 2.24) is 4.90 Å². The van der Waals surface area contributed by atoms with Gasteiger partial charge in [-0.3, -0.25) is 14.4 Å². The van der Waals surface area contributed by atoms with Crippen LogP contribution in [0.1, 0.15) is 40.7 Å². The van der Waals surface area contributed by atoms with Crippen molar-refractivity contribution in [3.63, 3.8) is 0 Å². The van der Waals surface area contributed by atoms with Crippen molar-refractivity contribution in [2.45, 2.75) is 37.8 Å². The Balaban J connectivity index is 1.45. The molecule has 168 valence electrons. The number of benzene rings is 2. The Morgan fingerprint density at radius 1 is 1.03 bits per heavy atom. The summed E-state index contributed by atoms with van der Waals surface area (Å²) < 4.78 is 0. The fourth-order valence-electron chi connectivity index (χ4n) is 3.70. The molecule has 0 radical (unpaired) electrons. The Bertz CT molecular complexity index is 978. The summed E-state index contributed by atoms with van der Waals surface area (Å²) >= 11 is 0.993. The SMILES string of the molecule is N[C@@H](Cc1ccc(C(=O)c2ccccc2)cc1)C(=O)SCCC(=O)N1CCC[C@H]1C(=O)O. The van der Waals surface area contributed by atoms with Crippen LogP contribution in [0.4, 0.5) is 0 Å². The molecule has 1 heterocycles. The fourth-order valence-corrected chi connectivity index (χ4v) is 4.47. The van der Waals surface area contributed by atoms with E-state index in [9.17, 15) is 24.3 Å². The summed E-state index contributed by atoms with van der Waals surface area (Å²) in [5, 5.41) is 8.95. The topological polar surface area (TPSA) is 118 Å². The maximum atomic E-state index is 12.5. The van der Waals surface area contributed by atoms with E-state index in [2.05, 4.69) is 0 Å². The lowest BCUT2D eigenvalue weighted by atomic mass is 10.00. The van der Waals surface area contributed by atoms with E-state index in [1.54, 1.807) is 36.4 Å².